The molecular weight excluding hydrogens is 160 g/mol. The van der Waals surface area contributed by atoms with Crippen molar-refractivity contribution in [1.82, 2.24) is 0 Å². The van der Waals surface area contributed by atoms with Crippen molar-refractivity contribution in [2.75, 3.05) is 0 Å². The van der Waals surface area contributed by atoms with Crippen LogP contribution in [0.3, 0.4) is 0 Å². The molecule has 13 heavy (non-hydrogen) atoms. The van der Waals surface area contributed by atoms with Gasteiger partial charge in [0.05, 0.1) is 6.10 Å². The Morgan fingerprint density at radius 3 is 2.69 bits per heavy atom. The Hall–Kier alpha value is -0.820. The van der Waals surface area contributed by atoms with Crippen molar-refractivity contribution in [3.63, 3.8) is 0 Å². The lowest BCUT2D eigenvalue weighted by Crippen LogP contribution is -1.88. The quantitative estimate of drug-likeness (QED) is 0.641. The van der Waals surface area contributed by atoms with E-state index in [0.29, 0.717) is 12.2 Å². The molecule has 2 rings (SSSR count). The summed E-state index contributed by atoms with van der Waals surface area (Å²) in [4.78, 5) is 0. The first-order valence-electron chi connectivity index (χ1n) is 5.12. The molecule has 1 aromatic rings. The van der Waals surface area contributed by atoms with Crippen molar-refractivity contribution in [3.8, 4) is 0 Å². The van der Waals surface area contributed by atoms with Gasteiger partial charge < -0.3 is 4.74 Å². The Bertz CT molecular complexity index is 255. The summed E-state index contributed by atoms with van der Waals surface area (Å²) in [6, 6.07) is 10.5. The van der Waals surface area contributed by atoms with Gasteiger partial charge in [0, 0.05) is 0 Å². The van der Waals surface area contributed by atoms with Crippen molar-refractivity contribution >= 4 is 0 Å². The topological polar surface area (TPSA) is 12.5 Å². The Morgan fingerprint density at radius 1 is 1.23 bits per heavy atom. The normalized spacial score (nSPS) is 25.9. The third-order valence-electron chi connectivity index (χ3n) is 2.55. The number of ether oxygens (including phenoxy) is 1. The molecule has 1 aliphatic rings. The van der Waals surface area contributed by atoms with Crippen LogP contribution in [0.2, 0.25) is 0 Å². The van der Waals surface area contributed by atoms with E-state index in [1.54, 1.807) is 0 Å². The SMILES string of the molecule is CCCC[C@H]1O[C@H]1c1ccccc1. The van der Waals surface area contributed by atoms with Crippen molar-refractivity contribution in [1.29, 1.82) is 0 Å². The molecule has 1 aromatic carbocycles. The summed E-state index contributed by atoms with van der Waals surface area (Å²) in [6.07, 6.45) is 4.67. The second kappa shape index (κ2) is 3.93. The molecule has 70 valence electrons. The molecule has 1 aliphatic heterocycles. The van der Waals surface area contributed by atoms with Crippen molar-refractivity contribution in [2.24, 2.45) is 0 Å². The van der Waals surface area contributed by atoms with Crippen molar-refractivity contribution in [2.45, 2.75) is 38.4 Å². The van der Waals surface area contributed by atoms with E-state index in [2.05, 4.69) is 31.2 Å². The highest BCUT2D eigenvalue weighted by atomic mass is 16.6. The van der Waals surface area contributed by atoms with Gasteiger partial charge in [-0.1, -0.05) is 50.1 Å². The zero-order valence-electron chi connectivity index (χ0n) is 8.07. The summed E-state index contributed by atoms with van der Waals surface area (Å²) in [5.41, 5.74) is 1.34. The summed E-state index contributed by atoms with van der Waals surface area (Å²) in [6.45, 7) is 2.22. The molecular formula is C12H16O. The number of epoxide rings is 1. The second-order valence-corrected chi connectivity index (χ2v) is 3.65. The highest BCUT2D eigenvalue weighted by molar-refractivity contribution is 5.22. The van der Waals surface area contributed by atoms with E-state index in [-0.39, 0.29) is 0 Å². The molecule has 1 heterocycles. The van der Waals surface area contributed by atoms with E-state index in [1.807, 2.05) is 6.07 Å². The van der Waals surface area contributed by atoms with Crippen LogP contribution in [0.25, 0.3) is 0 Å². The van der Waals surface area contributed by atoms with Crippen LogP contribution in [0.5, 0.6) is 0 Å². The van der Waals surface area contributed by atoms with Crippen LogP contribution in [0.1, 0.15) is 37.9 Å². The molecule has 2 atom stereocenters. The number of rotatable bonds is 4. The molecule has 0 aromatic heterocycles. The zero-order valence-corrected chi connectivity index (χ0v) is 8.07. The number of hydrogen-bond acceptors (Lipinski definition) is 1. The van der Waals surface area contributed by atoms with Crippen molar-refractivity contribution in [3.05, 3.63) is 35.9 Å². The van der Waals surface area contributed by atoms with Crippen LogP contribution in [0, 0.1) is 0 Å². The Kier molecular flexibility index (Phi) is 2.65. The molecule has 0 unspecified atom stereocenters. The van der Waals surface area contributed by atoms with Gasteiger partial charge in [-0.05, 0) is 12.0 Å². The Labute approximate surface area is 79.7 Å². The minimum absolute atomic E-state index is 0.396. The van der Waals surface area contributed by atoms with Crippen LogP contribution in [-0.2, 0) is 4.74 Å². The standard InChI is InChI=1S/C12H16O/c1-2-3-9-11-12(13-11)10-7-5-4-6-8-10/h4-8,11-12H,2-3,9H2,1H3/t11-,12+/m1/s1. The average Bonchev–Trinajstić information content (AvgIpc) is 2.95. The van der Waals surface area contributed by atoms with Gasteiger partial charge in [0.1, 0.15) is 6.10 Å². The Balaban J connectivity index is 1.86. The summed E-state index contributed by atoms with van der Waals surface area (Å²) in [5, 5.41) is 0. The lowest BCUT2D eigenvalue weighted by atomic mass is 10.1. The van der Waals surface area contributed by atoms with Gasteiger partial charge in [-0.3, -0.25) is 0 Å². The van der Waals surface area contributed by atoms with E-state index in [4.69, 9.17) is 4.74 Å². The highest BCUT2D eigenvalue weighted by Crippen LogP contribution is 2.41. The molecule has 0 spiro atoms. The zero-order chi connectivity index (χ0) is 9.10. The van der Waals surface area contributed by atoms with E-state index in [0.717, 1.165) is 0 Å². The van der Waals surface area contributed by atoms with Gasteiger partial charge in [-0.15, -0.1) is 0 Å². The molecule has 0 aliphatic carbocycles. The molecule has 1 fully saturated rings. The van der Waals surface area contributed by atoms with Gasteiger partial charge >= 0.3 is 0 Å². The summed E-state index contributed by atoms with van der Waals surface area (Å²) in [5.74, 6) is 0. The first-order valence-corrected chi connectivity index (χ1v) is 5.12. The summed E-state index contributed by atoms with van der Waals surface area (Å²) < 4.78 is 5.61. The van der Waals surface area contributed by atoms with Gasteiger partial charge in [0.15, 0.2) is 0 Å². The third kappa shape index (κ3) is 2.10. The molecule has 1 heteroatoms. The van der Waals surface area contributed by atoms with Gasteiger partial charge in [-0.25, -0.2) is 0 Å². The maximum Gasteiger partial charge on any atom is 0.109 e. The van der Waals surface area contributed by atoms with E-state index >= 15 is 0 Å². The van der Waals surface area contributed by atoms with Gasteiger partial charge in [0.2, 0.25) is 0 Å². The average molecular weight is 176 g/mol. The number of benzene rings is 1. The predicted molar refractivity (Wildman–Crippen MR) is 53.6 cm³/mol. The van der Waals surface area contributed by atoms with Crippen molar-refractivity contribution < 1.29 is 4.74 Å². The number of hydrogen-bond donors (Lipinski definition) is 0. The maximum absolute atomic E-state index is 5.61. The molecule has 0 saturated carbocycles. The molecule has 1 nitrogen and oxygen atoms in total. The fourth-order valence-electron chi connectivity index (χ4n) is 1.70. The van der Waals surface area contributed by atoms with Gasteiger partial charge in [0.25, 0.3) is 0 Å². The minimum Gasteiger partial charge on any atom is -0.365 e. The minimum atomic E-state index is 0.396. The first-order chi connectivity index (χ1) is 6.42. The number of unbranched alkanes of at least 4 members (excludes halogenated alkanes) is 1. The molecule has 0 bridgehead atoms. The predicted octanol–water partition coefficient (Wildman–Crippen LogP) is 3.32. The lowest BCUT2D eigenvalue weighted by molar-refractivity contribution is 0.362. The fourth-order valence-corrected chi connectivity index (χ4v) is 1.70. The molecule has 0 N–H and O–H groups in total. The van der Waals surface area contributed by atoms with Crippen LogP contribution in [0.15, 0.2) is 30.3 Å². The summed E-state index contributed by atoms with van der Waals surface area (Å²) in [7, 11) is 0. The first kappa shape index (κ1) is 8.76. The van der Waals surface area contributed by atoms with Crippen LogP contribution in [0.4, 0.5) is 0 Å². The molecule has 0 radical (unpaired) electrons. The maximum atomic E-state index is 5.61. The third-order valence-corrected chi connectivity index (χ3v) is 2.55. The lowest BCUT2D eigenvalue weighted by Gasteiger charge is -1.94. The largest absolute Gasteiger partial charge is 0.365 e. The van der Waals surface area contributed by atoms with Crippen LogP contribution >= 0.6 is 0 Å². The van der Waals surface area contributed by atoms with Gasteiger partial charge in [-0.2, -0.15) is 0 Å². The molecule has 0 amide bonds. The summed E-state index contributed by atoms with van der Waals surface area (Å²) >= 11 is 0. The highest BCUT2D eigenvalue weighted by Gasteiger charge is 2.38. The Morgan fingerprint density at radius 2 is 2.00 bits per heavy atom. The molecule has 1 saturated heterocycles. The van der Waals surface area contributed by atoms with E-state index < -0.39 is 0 Å². The van der Waals surface area contributed by atoms with E-state index in [9.17, 15) is 0 Å². The van der Waals surface area contributed by atoms with E-state index in [1.165, 1.54) is 24.8 Å². The van der Waals surface area contributed by atoms with Crippen LogP contribution < -0.4 is 0 Å². The second-order valence-electron chi connectivity index (χ2n) is 3.65. The monoisotopic (exact) mass is 176 g/mol. The fraction of sp³-hybridized carbons (Fsp3) is 0.500. The van der Waals surface area contributed by atoms with Crippen LogP contribution in [-0.4, -0.2) is 6.10 Å². The smallest absolute Gasteiger partial charge is 0.109 e.